The third-order valence-corrected chi connectivity index (χ3v) is 5.11. The van der Waals surface area contributed by atoms with Gasteiger partial charge in [-0.3, -0.25) is 4.79 Å². The van der Waals surface area contributed by atoms with Crippen LogP contribution in [0.2, 0.25) is 0 Å². The zero-order chi connectivity index (χ0) is 19.3. The van der Waals surface area contributed by atoms with E-state index < -0.39 is 0 Å². The average molecular weight is 369 g/mol. The Morgan fingerprint density at radius 1 is 0.731 bits per heavy atom. The predicted octanol–water partition coefficient (Wildman–Crippen LogP) is 7.02. The maximum atomic E-state index is 12.4. The van der Waals surface area contributed by atoms with E-state index in [1.165, 1.54) is 51.4 Å². The highest BCUT2D eigenvalue weighted by Crippen LogP contribution is 2.20. The molecule has 0 heterocycles. The lowest BCUT2D eigenvalue weighted by molar-refractivity contribution is -0.149. The van der Waals surface area contributed by atoms with E-state index in [-0.39, 0.29) is 11.9 Å². The van der Waals surface area contributed by atoms with E-state index in [0.29, 0.717) is 13.0 Å². The fourth-order valence-corrected chi connectivity index (χ4v) is 3.34. The topological polar surface area (TPSA) is 43.4 Å². The Bertz CT molecular complexity index is 315. The van der Waals surface area contributed by atoms with E-state index in [1.54, 1.807) is 0 Å². The van der Waals surface area contributed by atoms with Crippen LogP contribution in [-0.4, -0.2) is 18.9 Å². The molecule has 0 aliphatic rings. The van der Waals surface area contributed by atoms with Gasteiger partial charge in [0.1, 0.15) is 6.29 Å². The number of ether oxygens (including phenoxy) is 1. The van der Waals surface area contributed by atoms with Crippen molar-refractivity contribution >= 4 is 12.3 Å². The fraction of sp³-hybridized carbons (Fsp3) is 0.913. The van der Waals surface area contributed by atoms with E-state index in [9.17, 15) is 9.59 Å². The minimum atomic E-state index is 0.0305. The smallest absolute Gasteiger partial charge is 0.308 e. The highest BCUT2D eigenvalue weighted by molar-refractivity contribution is 5.72. The van der Waals surface area contributed by atoms with Crippen molar-refractivity contribution in [2.75, 3.05) is 6.61 Å². The van der Waals surface area contributed by atoms with Gasteiger partial charge < -0.3 is 9.53 Å². The summed E-state index contributed by atoms with van der Waals surface area (Å²) in [5.41, 5.74) is 0. The van der Waals surface area contributed by atoms with Gasteiger partial charge in [-0.2, -0.15) is 0 Å². The van der Waals surface area contributed by atoms with E-state index in [4.69, 9.17) is 4.74 Å². The molecule has 0 fully saturated rings. The number of aldehydes is 1. The lowest BCUT2D eigenvalue weighted by Crippen LogP contribution is -2.18. The zero-order valence-corrected chi connectivity index (χ0v) is 17.6. The van der Waals surface area contributed by atoms with Crippen molar-refractivity contribution < 1.29 is 14.3 Å². The first-order chi connectivity index (χ1) is 12.8. The number of carbonyl (C=O) groups excluding carboxylic acids is 2. The van der Waals surface area contributed by atoms with Crippen LogP contribution in [0.5, 0.6) is 0 Å². The summed E-state index contributed by atoms with van der Waals surface area (Å²) < 4.78 is 5.55. The quantitative estimate of drug-likeness (QED) is 0.132. The van der Waals surface area contributed by atoms with Crippen molar-refractivity contribution in [3.05, 3.63) is 0 Å². The highest BCUT2D eigenvalue weighted by atomic mass is 16.5. The fourth-order valence-electron chi connectivity index (χ4n) is 3.34. The van der Waals surface area contributed by atoms with Gasteiger partial charge in [0.15, 0.2) is 0 Å². The molecule has 0 spiro atoms. The average Bonchev–Trinajstić information content (AvgIpc) is 2.65. The largest absolute Gasteiger partial charge is 0.465 e. The van der Waals surface area contributed by atoms with Crippen LogP contribution >= 0.6 is 0 Å². The summed E-state index contributed by atoms with van der Waals surface area (Å²) in [6.45, 7) is 5.00. The van der Waals surface area contributed by atoms with Crippen molar-refractivity contribution in [3.63, 3.8) is 0 Å². The number of hydrogen-bond acceptors (Lipinski definition) is 3. The molecular weight excluding hydrogens is 324 g/mol. The van der Waals surface area contributed by atoms with Crippen LogP contribution in [0.4, 0.5) is 0 Å². The molecule has 0 radical (unpaired) electrons. The maximum absolute atomic E-state index is 12.4. The summed E-state index contributed by atoms with van der Waals surface area (Å²) in [7, 11) is 0. The third kappa shape index (κ3) is 16.6. The molecule has 3 heteroatoms. The van der Waals surface area contributed by atoms with Gasteiger partial charge in [0.25, 0.3) is 0 Å². The second-order valence-electron chi connectivity index (χ2n) is 7.64. The van der Waals surface area contributed by atoms with Crippen LogP contribution in [0.3, 0.4) is 0 Å². The minimum Gasteiger partial charge on any atom is -0.465 e. The van der Waals surface area contributed by atoms with Gasteiger partial charge in [-0.1, -0.05) is 90.9 Å². The molecule has 0 bridgehead atoms. The Labute approximate surface area is 162 Å². The zero-order valence-electron chi connectivity index (χ0n) is 17.6. The Morgan fingerprint density at radius 2 is 1.23 bits per heavy atom. The van der Waals surface area contributed by atoms with Crippen molar-refractivity contribution in [2.24, 2.45) is 5.92 Å². The van der Waals surface area contributed by atoms with Crippen molar-refractivity contribution in [1.29, 1.82) is 0 Å². The molecule has 0 saturated carbocycles. The lowest BCUT2D eigenvalue weighted by Gasteiger charge is -2.16. The summed E-state index contributed by atoms with van der Waals surface area (Å²) in [6.07, 6.45) is 20.1. The summed E-state index contributed by atoms with van der Waals surface area (Å²) in [5, 5.41) is 0. The molecule has 1 atom stereocenters. The normalized spacial score (nSPS) is 12.1. The van der Waals surface area contributed by atoms with Crippen LogP contribution in [0.25, 0.3) is 0 Å². The number of rotatable bonds is 20. The van der Waals surface area contributed by atoms with Crippen LogP contribution < -0.4 is 0 Å². The second-order valence-corrected chi connectivity index (χ2v) is 7.64. The maximum Gasteiger partial charge on any atom is 0.308 e. The summed E-state index contributed by atoms with van der Waals surface area (Å²) in [5.74, 6) is 0.135. The number of unbranched alkanes of at least 4 members (excludes halogenated alkanes) is 12. The van der Waals surface area contributed by atoms with Gasteiger partial charge >= 0.3 is 5.97 Å². The summed E-state index contributed by atoms with van der Waals surface area (Å²) in [6, 6.07) is 0. The summed E-state index contributed by atoms with van der Waals surface area (Å²) in [4.78, 5) is 22.7. The Kier molecular flexibility index (Phi) is 19.8. The van der Waals surface area contributed by atoms with Gasteiger partial charge in [-0.05, 0) is 25.7 Å². The number of esters is 1. The van der Waals surface area contributed by atoms with Crippen molar-refractivity contribution in [2.45, 2.75) is 123 Å². The molecule has 0 aromatic heterocycles. The first kappa shape index (κ1) is 25.1. The molecule has 0 aromatic carbocycles. The van der Waals surface area contributed by atoms with E-state index in [1.807, 2.05) is 0 Å². The molecule has 0 aromatic rings. The minimum absolute atomic E-state index is 0.0305. The SMILES string of the molecule is CCCCCCCCC(CCCCCC)C(=O)OCCCCCCC=O. The Morgan fingerprint density at radius 3 is 1.85 bits per heavy atom. The molecule has 0 N–H and O–H groups in total. The number of carbonyl (C=O) groups is 2. The molecule has 154 valence electrons. The highest BCUT2D eigenvalue weighted by Gasteiger charge is 2.19. The standard InChI is InChI=1S/C23H44O3/c1-3-5-7-9-11-15-19-22(18-14-8-6-4-2)23(25)26-21-17-13-10-12-16-20-24/h20,22H,3-19,21H2,1-2H3. The molecule has 1 unspecified atom stereocenters. The lowest BCUT2D eigenvalue weighted by atomic mass is 9.94. The van der Waals surface area contributed by atoms with E-state index in [0.717, 1.165) is 57.7 Å². The molecule has 3 nitrogen and oxygen atoms in total. The van der Waals surface area contributed by atoms with E-state index in [2.05, 4.69) is 13.8 Å². The van der Waals surface area contributed by atoms with Crippen molar-refractivity contribution in [1.82, 2.24) is 0 Å². The van der Waals surface area contributed by atoms with E-state index >= 15 is 0 Å². The first-order valence-electron chi connectivity index (χ1n) is 11.4. The molecule has 26 heavy (non-hydrogen) atoms. The van der Waals surface area contributed by atoms with Crippen LogP contribution in [0.15, 0.2) is 0 Å². The van der Waals surface area contributed by atoms with Gasteiger partial charge in [-0.25, -0.2) is 0 Å². The first-order valence-corrected chi connectivity index (χ1v) is 11.4. The molecule has 0 saturated heterocycles. The summed E-state index contributed by atoms with van der Waals surface area (Å²) >= 11 is 0. The Balaban J connectivity index is 3.97. The van der Waals surface area contributed by atoms with Gasteiger partial charge in [0.2, 0.25) is 0 Å². The van der Waals surface area contributed by atoms with Crippen LogP contribution in [0.1, 0.15) is 123 Å². The molecule has 0 aliphatic heterocycles. The van der Waals surface area contributed by atoms with Crippen molar-refractivity contribution in [3.8, 4) is 0 Å². The predicted molar refractivity (Wildman–Crippen MR) is 110 cm³/mol. The van der Waals surface area contributed by atoms with Crippen LogP contribution in [-0.2, 0) is 14.3 Å². The molecule has 0 aliphatic carbocycles. The Hall–Kier alpha value is -0.860. The van der Waals surface area contributed by atoms with Gasteiger partial charge in [0, 0.05) is 6.42 Å². The second kappa shape index (κ2) is 20.5. The molecular formula is C23H44O3. The molecule has 0 amide bonds. The molecule has 0 rings (SSSR count). The monoisotopic (exact) mass is 368 g/mol. The van der Waals surface area contributed by atoms with Crippen LogP contribution in [0, 0.1) is 5.92 Å². The number of hydrogen-bond donors (Lipinski definition) is 0. The van der Waals surface area contributed by atoms with Gasteiger partial charge in [0.05, 0.1) is 12.5 Å². The van der Waals surface area contributed by atoms with Gasteiger partial charge in [-0.15, -0.1) is 0 Å². The third-order valence-electron chi connectivity index (χ3n) is 5.11.